The number of allylic oxidation sites excluding steroid dienone is 3. The molecule has 0 saturated carbocycles. The second-order valence-corrected chi connectivity index (χ2v) is 6.36. The lowest BCUT2D eigenvalue weighted by atomic mass is 10.1. The van der Waals surface area contributed by atoms with Crippen molar-refractivity contribution in [2.45, 2.75) is 64.2 Å². The summed E-state index contributed by atoms with van der Waals surface area (Å²) >= 11 is 1.76. The molecule has 1 rings (SSSR count). The molecule has 1 aliphatic rings. The van der Waals surface area contributed by atoms with Crippen LogP contribution in [0.1, 0.15) is 64.2 Å². The number of hydrogen-bond acceptors (Lipinski definition) is 3. The fourth-order valence-corrected chi connectivity index (χ4v) is 3.24. The highest BCUT2D eigenvalue weighted by atomic mass is 32.2. The zero-order chi connectivity index (χ0) is 14.6. The zero-order valence-corrected chi connectivity index (χ0v) is 13.0. The summed E-state index contributed by atoms with van der Waals surface area (Å²) in [5.41, 5.74) is 0. The van der Waals surface area contributed by atoms with Gasteiger partial charge in [-0.05, 0) is 31.1 Å². The van der Waals surface area contributed by atoms with Crippen molar-refractivity contribution in [3.63, 3.8) is 0 Å². The minimum atomic E-state index is -0.684. The largest absolute Gasteiger partial charge is 0.511 e. The first kappa shape index (κ1) is 17.2. The van der Waals surface area contributed by atoms with Gasteiger partial charge >= 0.3 is 5.97 Å². The summed E-state index contributed by atoms with van der Waals surface area (Å²) in [4.78, 5) is 11.4. The van der Waals surface area contributed by atoms with E-state index in [0.29, 0.717) is 12.2 Å². The predicted molar refractivity (Wildman–Crippen MR) is 85.1 cm³/mol. The highest BCUT2D eigenvalue weighted by molar-refractivity contribution is 8.03. The van der Waals surface area contributed by atoms with Gasteiger partial charge in [0.05, 0.1) is 0 Å². The van der Waals surface area contributed by atoms with Gasteiger partial charge in [0, 0.05) is 17.7 Å². The first-order valence-corrected chi connectivity index (χ1v) is 8.62. The standard InChI is InChI=1S/C16H26O3S/c17-14-10-7-8-11-15(14)20-13-9-5-3-1-2-4-6-12-16(18)19/h8,11,17H,1-7,9-10,12-13H2,(H,18,19). The highest BCUT2D eigenvalue weighted by Gasteiger charge is 2.06. The fourth-order valence-electron chi connectivity index (χ4n) is 2.21. The maximum absolute atomic E-state index is 10.3. The summed E-state index contributed by atoms with van der Waals surface area (Å²) in [5.74, 6) is 0.940. The van der Waals surface area contributed by atoms with Crippen molar-refractivity contribution in [1.82, 2.24) is 0 Å². The van der Waals surface area contributed by atoms with Gasteiger partial charge in [0.25, 0.3) is 0 Å². The number of rotatable bonds is 11. The molecule has 0 heterocycles. The predicted octanol–water partition coefficient (Wildman–Crippen LogP) is 5.04. The summed E-state index contributed by atoms with van der Waals surface area (Å²) in [6.45, 7) is 0. The Morgan fingerprint density at radius 2 is 1.75 bits per heavy atom. The Hall–Kier alpha value is -0.900. The van der Waals surface area contributed by atoms with E-state index in [9.17, 15) is 9.90 Å². The van der Waals surface area contributed by atoms with Gasteiger partial charge in [-0.2, -0.15) is 0 Å². The summed E-state index contributed by atoms with van der Waals surface area (Å²) in [6, 6.07) is 0. The smallest absolute Gasteiger partial charge is 0.303 e. The molecule has 0 unspecified atom stereocenters. The number of aliphatic hydroxyl groups is 1. The van der Waals surface area contributed by atoms with Crippen LogP contribution in [0, 0.1) is 0 Å². The van der Waals surface area contributed by atoms with E-state index in [2.05, 4.69) is 6.08 Å². The number of carboxylic acids is 1. The Morgan fingerprint density at radius 1 is 1.10 bits per heavy atom. The van der Waals surface area contributed by atoms with Crippen molar-refractivity contribution in [1.29, 1.82) is 0 Å². The Labute approximate surface area is 126 Å². The number of aliphatic hydroxyl groups excluding tert-OH is 1. The quantitative estimate of drug-likeness (QED) is 0.524. The summed E-state index contributed by atoms with van der Waals surface area (Å²) in [7, 11) is 0. The minimum Gasteiger partial charge on any atom is -0.511 e. The average molecular weight is 298 g/mol. The molecule has 4 heteroatoms. The molecule has 0 amide bonds. The van der Waals surface area contributed by atoms with Crippen LogP contribution in [-0.4, -0.2) is 21.9 Å². The molecular formula is C16H26O3S. The van der Waals surface area contributed by atoms with Crippen molar-refractivity contribution in [2.24, 2.45) is 0 Å². The van der Waals surface area contributed by atoms with Crippen LogP contribution in [0.5, 0.6) is 0 Å². The lowest BCUT2D eigenvalue weighted by Gasteiger charge is -2.10. The Kier molecular flexibility index (Phi) is 9.29. The molecule has 0 aliphatic heterocycles. The Morgan fingerprint density at radius 3 is 2.40 bits per heavy atom. The molecule has 3 nitrogen and oxygen atoms in total. The van der Waals surface area contributed by atoms with E-state index < -0.39 is 5.97 Å². The van der Waals surface area contributed by atoms with Crippen LogP contribution in [0.4, 0.5) is 0 Å². The van der Waals surface area contributed by atoms with E-state index in [1.807, 2.05) is 6.08 Å². The van der Waals surface area contributed by atoms with E-state index in [4.69, 9.17) is 5.11 Å². The normalized spacial score (nSPS) is 14.8. The van der Waals surface area contributed by atoms with Crippen molar-refractivity contribution in [3.05, 3.63) is 22.8 Å². The molecule has 20 heavy (non-hydrogen) atoms. The van der Waals surface area contributed by atoms with Crippen LogP contribution < -0.4 is 0 Å². The molecule has 0 radical (unpaired) electrons. The SMILES string of the molecule is O=C(O)CCCCCCCCCSC1=C(O)CCC=C1. The van der Waals surface area contributed by atoms with Gasteiger partial charge < -0.3 is 10.2 Å². The maximum atomic E-state index is 10.3. The van der Waals surface area contributed by atoms with Gasteiger partial charge in [-0.15, -0.1) is 11.8 Å². The van der Waals surface area contributed by atoms with Gasteiger partial charge in [0.15, 0.2) is 0 Å². The summed E-state index contributed by atoms with van der Waals surface area (Å²) in [6.07, 6.45) is 14.0. The van der Waals surface area contributed by atoms with Crippen LogP contribution in [0.15, 0.2) is 22.8 Å². The van der Waals surface area contributed by atoms with Crippen LogP contribution in [0.3, 0.4) is 0 Å². The highest BCUT2D eigenvalue weighted by Crippen LogP contribution is 2.27. The molecule has 0 aromatic heterocycles. The Balaban J connectivity index is 1.88. The molecule has 0 spiro atoms. The van der Waals surface area contributed by atoms with Gasteiger partial charge in [-0.3, -0.25) is 4.79 Å². The third-order valence-corrected chi connectivity index (χ3v) is 4.57. The summed E-state index contributed by atoms with van der Waals surface area (Å²) < 4.78 is 0. The number of aliphatic carboxylic acids is 1. The second-order valence-electron chi connectivity index (χ2n) is 5.22. The average Bonchev–Trinajstić information content (AvgIpc) is 2.42. The second kappa shape index (κ2) is 10.8. The van der Waals surface area contributed by atoms with Gasteiger partial charge in [-0.25, -0.2) is 0 Å². The first-order chi connectivity index (χ1) is 9.70. The van der Waals surface area contributed by atoms with Gasteiger partial charge in [-0.1, -0.05) is 38.2 Å². The molecule has 114 valence electrons. The van der Waals surface area contributed by atoms with Gasteiger partial charge in [0.2, 0.25) is 0 Å². The molecule has 1 aliphatic carbocycles. The van der Waals surface area contributed by atoms with E-state index in [1.165, 1.54) is 25.7 Å². The van der Waals surface area contributed by atoms with E-state index in [0.717, 1.165) is 42.8 Å². The monoisotopic (exact) mass is 298 g/mol. The zero-order valence-electron chi connectivity index (χ0n) is 12.1. The third-order valence-electron chi connectivity index (χ3n) is 3.39. The number of unbranched alkanes of at least 4 members (excludes halogenated alkanes) is 6. The van der Waals surface area contributed by atoms with Crippen LogP contribution >= 0.6 is 11.8 Å². The number of hydrogen-bond donors (Lipinski definition) is 2. The van der Waals surface area contributed by atoms with Gasteiger partial charge in [0.1, 0.15) is 5.76 Å². The van der Waals surface area contributed by atoms with Crippen molar-refractivity contribution < 1.29 is 15.0 Å². The van der Waals surface area contributed by atoms with Crippen LogP contribution in [-0.2, 0) is 4.79 Å². The Bertz CT molecular complexity index is 348. The molecule has 0 atom stereocenters. The van der Waals surface area contributed by atoms with E-state index in [-0.39, 0.29) is 0 Å². The van der Waals surface area contributed by atoms with Crippen molar-refractivity contribution >= 4 is 17.7 Å². The molecule has 0 aromatic rings. The molecular weight excluding hydrogens is 272 g/mol. The molecule has 2 N–H and O–H groups in total. The van der Waals surface area contributed by atoms with Crippen molar-refractivity contribution in [3.8, 4) is 0 Å². The van der Waals surface area contributed by atoms with E-state index in [1.54, 1.807) is 11.8 Å². The summed E-state index contributed by atoms with van der Waals surface area (Å²) in [5, 5.41) is 18.2. The topological polar surface area (TPSA) is 57.5 Å². The minimum absolute atomic E-state index is 0.308. The fraction of sp³-hybridized carbons (Fsp3) is 0.688. The van der Waals surface area contributed by atoms with Crippen molar-refractivity contribution in [2.75, 3.05) is 5.75 Å². The molecule has 0 aromatic carbocycles. The maximum Gasteiger partial charge on any atom is 0.303 e. The molecule has 0 saturated heterocycles. The molecule has 0 bridgehead atoms. The van der Waals surface area contributed by atoms with Crippen LogP contribution in [0.25, 0.3) is 0 Å². The van der Waals surface area contributed by atoms with E-state index >= 15 is 0 Å². The lowest BCUT2D eigenvalue weighted by Crippen LogP contribution is -1.93. The molecule has 0 fully saturated rings. The number of carbonyl (C=O) groups is 1. The first-order valence-electron chi connectivity index (χ1n) is 7.63. The van der Waals surface area contributed by atoms with Crippen LogP contribution in [0.2, 0.25) is 0 Å². The number of thioether (sulfide) groups is 1. The third kappa shape index (κ3) is 8.31. The lowest BCUT2D eigenvalue weighted by molar-refractivity contribution is -0.137. The number of carboxylic acid groups (broad SMARTS) is 1.